The Bertz CT molecular complexity index is 985. The van der Waals surface area contributed by atoms with E-state index in [1.54, 1.807) is 24.3 Å². The van der Waals surface area contributed by atoms with Crippen molar-refractivity contribution in [2.75, 3.05) is 16.4 Å². The van der Waals surface area contributed by atoms with Crippen molar-refractivity contribution >= 4 is 47.1 Å². The van der Waals surface area contributed by atoms with Gasteiger partial charge in [0.15, 0.2) is 0 Å². The first-order chi connectivity index (χ1) is 13.6. The zero-order valence-electron chi connectivity index (χ0n) is 15.2. The maximum absolute atomic E-state index is 12.1. The maximum atomic E-state index is 12.1. The fraction of sp³-hybridized carbons (Fsp3) is 0.100. The summed E-state index contributed by atoms with van der Waals surface area (Å²) in [4.78, 5) is 27.6. The third kappa shape index (κ3) is 6.10. The summed E-state index contributed by atoms with van der Waals surface area (Å²) in [5.74, 6) is 0.441. The summed E-state index contributed by atoms with van der Waals surface area (Å²) in [5, 5.41) is 12.9. The van der Waals surface area contributed by atoms with Crippen LogP contribution in [0.1, 0.15) is 18.3 Å². The Morgan fingerprint density at radius 2 is 1.79 bits per heavy atom. The van der Waals surface area contributed by atoms with Crippen LogP contribution in [0.2, 0.25) is 0 Å². The van der Waals surface area contributed by atoms with E-state index in [-0.39, 0.29) is 17.6 Å². The monoisotopic (exact) mass is 393 g/mol. The van der Waals surface area contributed by atoms with E-state index >= 15 is 0 Å². The Kier molecular flexibility index (Phi) is 6.59. The van der Waals surface area contributed by atoms with E-state index < -0.39 is 0 Å². The second kappa shape index (κ2) is 9.52. The lowest BCUT2D eigenvalue weighted by molar-refractivity contribution is -0.114. The Hall–Kier alpha value is -3.39. The number of nitrogens with zero attached hydrogens (tertiary/aromatic N) is 2. The first-order valence-electron chi connectivity index (χ1n) is 8.54. The lowest BCUT2D eigenvalue weighted by Gasteiger charge is -2.07. The van der Waals surface area contributed by atoms with Crippen LogP contribution in [0.5, 0.6) is 0 Å². The van der Waals surface area contributed by atoms with Crippen molar-refractivity contribution in [2.24, 2.45) is 0 Å². The van der Waals surface area contributed by atoms with Crippen molar-refractivity contribution in [2.45, 2.75) is 12.1 Å². The molecule has 28 heavy (non-hydrogen) atoms. The number of carbonyl (C=O) groups excluding carboxylic acids is 2. The van der Waals surface area contributed by atoms with E-state index in [9.17, 15) is 9.59 Å². The molecule has 0 aliphatic rings. The highest BCUT2D eigenvalue weighted by Gasteiger charge is 2.08. The number of thioether (sulfide) groups is 1. The zero-order valence-corrected chi connectivity index (χ0v) is 16.0. The summed E-state index contributed by atoms with van der Waals surface area (Å²) in [6.07, 6.45) is 3.77. The summed E-state index contributed by atoms with van der Waals surface area (Å²) in [7, 11) is 0. The third-order valence-electron chi connectivity index (χ3n) is 3.51. The fourth-order valence-electron chi connectivity index (χ4n) is 2.34. The molecule has 0 atom stereocenters. The molecule has 2 amide bonds. The van der Waals surface area contributed by atoms with Crippen molar-refractivity contribution in [3.05, 3.63) is 66.0 Å². The molecule has 1 aromatic heterocycles. The number of amides is 2. The predicted molar refractivity (Wildman–Crippen MR) is 112 cm³/mol. The minimum absolute atomic E-state index is 0.166. The Morgan fingerprint density at radius 3 is 2.54 bits per heavy atom. The zero-order chi connectivity index (χ0) is 19.8. The molecule has 0 bridgehead atoms. The van der Waals surface area contributed by atoms with Gasteiger partial charge in [-0.1, -0.05) is 54.2 Å². The van der Waals surface area contributed by atoms with Crippen LogP contribution in [0.4, 0.5) is 11.4 Å². The normalized spacial score (nSPS) is 10.8. The number of anilines is 2. The summed E-state index contributed by atoms with van der Waals surface area (Å²) in [6.45, 7) is 1.43. The molecule has 0 aliphatic carbocycles. The number of carbonyl (C=O) groups is 2. The van der Waals surface area contributed by atoms with Crippen LogP contribution < -0.4 is 10.6 Å². The van der Waals surface area contributed by atoms with Crippen LogP contribution in [-0.2, 0) is 9.59 Å². The topological polar surface area (TPSA) is 99.8 Å². The van der Waals surface area contributed by atoms with E-state index in [1.165, 1.54) is 18.7 Å². The largest absolute Gasteiger partial charge is 0.326 e. The number of rotatable bonds is 7. The van der Waals surface area contributed by atoms with Crippen molar-refractivity contribution in [1.29, 1.82) is 0 Å². The average Bonchev–Trinajstić information content (AvgIpc) is 3.13. The van der Waals surface area contributed by atoms with Crippen LogP contribution in [-0.4, -0.2) is 32.7 Å². The van der Waals surface area contributed by atoms with Gasteiger partial charge in [0.05, 0.1) is 5.75 Å². The number of hydrogen-bond donors (Lipinski definition) is 3. The summed E-state index contributed by atoms with van der Waals surface area (Å²) >= 11 is 1.24. The van der Waals surface area contributed by atoms with Crippen molar-refractivity contribution in [3.8, 4) is 0 Å². The molecule has 3 N–H and O–H groups in total. The number of benzene rings is 2. The second-order valence-electron chi connectivity index (χ2n) is 5.85. The minimum Gasteiger partial charge on any atom is -0.326 e. The molecule has 1 heterocycles. The van der Waals surface area contributed by atoms with Crippen LogP contribution in [0.25, 0.3) is 12.2 Å². The molecule has 0 spiro atoms. The predicted octanol–water partition coefficient (Wildman–Crippen LogP) is 3.66. The van der Waals surface area contributed by atoms with Gasteiger partial charge >= 0.3 is 0 Å². The Labute approximate surface area is 166 Å². The molecular formula is C20H19N5O2S. The molecule has 142 valence electrons. The van der Waals surface area contributed by atoms with Crippen LogP contribution in [0, 0.1) is 0 Å². The Balaban J connectivity index is 1.50. The van der Waals surface area contributed by atoms with Crippen LogP contribution in [0.15, 0.2) is 59.8 Å². The van der Waals surface area contributed by atoms with E-state index in [1.807, 2.05) is 42.5 Å². The second-order valence-corrected chi connectivity index (χ2v) is 6.79. The molecule has 0 aliphatic heterocycles. The van der Waals surface area contributed by atoms with Gasteiger partial charge in [0.25, 0.3) is 0 Å². The van der Waals surface area contributed by atoms with Gasteiger partial charge in [-0.05, 0) is 29.8 Å². The lowest BCUT2D eigenvalue weighted by Crippen LogP contribution is -2.14. The number of aromatic amines is 1. The van der Waals surface area contributed by atoms with E-state index in [0.29, 0.717) is 22.4 Å². The number of aromatic nitrogens is 3. The quantitative estimate of drug-likeness (QED) is 0.532. The molecule has 0 fully saturated rings. The SMILES string of the molecule is CC(=O)Nc1cccc(NC(=O)CSc2n[nH]c(/C=C/c3ccccc3)n2)c1. The van der Waals surface area contributed by atoms with Gasteiger partial charge in [0, 0.05) is 18.3 Å². The van der Waals surface area contributed by atoms with Gasteiger partial charge in [-0.3, -0.25) is 14.7 Å². The third-order valence-corrected chi connectivity index (χ3v) is 4.36. The van der Waals surface area contributed by atoms with E-state index in [2.05, 4.69) is 25.8 Å². The van der Waals surface area contributed by atoms with Crippen LogP contribution in [0.3, 0.4) is 0 Å². The van der Waals surface area contributed by atoms with Crippen molar-refractivity contribution < 1.29 is 9.59 Å². The molecule has 0 unspecified atom stereocenters. The standard InChI is InChI=1S/C20H19N5O2S/c1-14(26)21-16-8-5-9-17(12-16)22-19(27)13-28-20-23-18(24-25-20)11-10-15-6-3-2-4-7-15/h2-12H,13H2,1H3,(H,21,26)(H,22,27)(H,23,24,25)/b11-10+. The lowest BCUT2D eigenvalue weighted by atomic mass is 10.2. The number of hydrogen-bond acceptors (Lipinski definition) is 5. The highest BCUT2D eigenvalue weighted by molar-refractivity contribution is 7.99. The molecule has 0 saturated carbocycles. The van der Waals surface area contributed by atoms with E-state index in [0.717, 1.165) is 5.56 Å². The first kappa shape index (κ1) is 19.4. The van der Waals surface area contributed by atoms with Gasteiger partial charge in [-0.15, -0.1) is 5.10 Å². The number of H-pyrrole nitrogens is 1. The molecule has 0 saturated heterocycles. The fourth-order valence-corrected chi connectivity index (χ4v) is 2.95. The van der Waals surface area contributed by atoms with Gasteiger partial charge in [-0.25, -0.2) is 4.98 Å². The molecule has 7 nitrogen and oxygen atoms in total. The molecule has 3 rings (SSSR count). The molecule has 2 aromatic carbocycles. The van der Waals surface area contributed by atoms with Gasteiger partial charge in [0.2, 0.25) is 17.0 Å². The summed E-state index contributed by atoms with van der Waals surface area (Å²) in [5.41, 5.74) is 2.30. The minimum atomic E-state index is -0.184. The van der Waals surface area contributed by atoms with Crippen molar-refractivity contribution in [1.82, 2.24) is 15.2 Å². The van der Waals surface area contributed by atoms with Crippen molar-refractivity contribution in [3.63, 3.8) is 0 Å². The average molecular weight is 393 g/mol. The van der Waals surface area contributed by atoms with Gasteiger partial charge < -0.3 is 10.6 Å². The highest BCUT2D eigenvalue weighted by atomic mass is 32.2. The summed E-state index contributed by atoms with van der Waals surface area (Å²) < 4.78 is 0. The van der Waals surface area contributed by atoms with E-state index in [4.69, 9.17) is 0 Å². The Morgan fingerprint density at radius 1 is 1.04 bits per heavy atom. The first-order valence-corrected chi connectivity index (χ1v) is 9.53. The molecule has 3 aromatic rings. The molecular weight excluding hydrogens is 374 g/mol. The van der Waals surface area contributed by atoms with Gasteiger partial charge in [0.1, 0.15) is 5.82 Å². The maximum Gasteiger partial charge on any atom is 0.234 e. The highest BCUT2D eigenvalue weighted by Crippen LogP contribution is 2.17. The number of nitrogens with one attached hydrogen (secondary N) is 3. The molecule has 8 heteroatoms. The van der Waals surface area contributed by atoms with Gasteiger partial charge in [-0.2, -0.15) is 0 Å². The van der Waals surface area contributed by atoms with Crippen LogP contribution >= 0.6 is 11.8 Å². The summed E-state index contributed by atoms with van der Waals surface area (Å²) in [6, 6.07) is 16.8. The smallest absolute Gasteiger partial charge is 0.234 e. The molecule has 0 radical (unpaired) electrons.